The maximum Gasteiger partial charge on any atom is 0.326 e. The first-order chi connectivity index (χ1) is 14.0. The summed E-state index contributed by atoms with van der Waals surface area (Å²) in [5.74, 6) is -5.75. The average molecular weight is 433 g/mol. The van der Waals surface area contributed by atoms with Crippen LogP contribution in [0.3, 0.4) is 0 Å². The molecular formula is C15H27N7O8. The van der Waals surface area contributed by atoms with Gasteiger partial charge in [-0.3, -0.25) is 24.2 Å². The van der Waals surface area contributed by atoms with Crippen LogP contribution in [0.1, 0.15) is 19.3 Å². The number of nitrogens with two attached hydrogens (primary N) is 3. The van der Waals surface area contributed by atoms with Gasteiger partial charge in [0.2, 0.25) is 17.7 Å². The summed E-state index contributed by atoms with van der Waals surface area (Å²) >= 11 is 0. The van der Waals surface area contributed by atoms with Gasteiger partial charge in [0.25, 0.3) is 0 Å². The highest BCUT2D eigenvalue weighted by atomic mass is 16.4. The molecule has 0 saturated heterocycles. The molecule has 12 N–H and O–H groups in total. The molecule has 0 bridgehead atoms. The molecule has 3 unspecified atom stereocenters. The minimum atomic E-state index is -1.68. The van der Waals surface area contributed by atoms with Gasteiger partial charge in [0.05, 0.1) is 25.6 Å². The molecule has 15 heteroatoms. The quantitative estimate of drug-likeness (QED) is 0.0710. The summed E-state index contributed by atoms with van der Waals surface area (Å²) in [4.78, 5) is 60.9. The van der Waals surface area contributed by atoms with E-state index in [1.54, 1.807) is 0 Å². The highest BCUT2D eigenvalue weighted by molar-refractivity contribution is 5.93. The van der Waals surface area contributed by atoms with Crippen LogP contribution < -0.4 is 33.2 Å². The Kier molecular flexibility index (Phi) is 12.1. The monoisotopic (exact) mass is 433 g/mol. The number of amides is 3. The number of guanidine groups is 1. The van der Waals surface area contributed by atoms with Crippen LogP contribution in [0.2, 0.25) is 0 Å². The standard InChI is InChI=1S/C15H27N7O8/c16-7(2-1-3-19-15(17)18)12(27)22-9(6-23)13(28)20-5-10(24)21-8(14(29)30)4-11(25)26/h7-9,23H,1-6,16H2,(H,20,28)(H,21,24)(H,22,27)(H,25,26)(H,29,30)(H4,17,18,19). The van der Waals surface area contributed by atoms with E-state index in [1.807, 2.05) is 5.32 Å². The zero-order valence-corrected chi connectivity index (χ0v) is 16.0. The lowest BCUT2D eigenvalue weighted by molar-refractivity contribution is -0.147. The van der Waals surface area contributed by atoms with Crippen LogP contribution in [0.25, 0.3) is 0 Å². The molecule has 0 rings (SSSR count). The normalized spacial score (nSPS) is 13.3. The molecule has 0 aromatic rings. The summed E-state index contributed by atoms with van der Waals surface area (Å²) in [7, 11) is 0. The largest absolute Gasteiger partial charge is 0.481 e. The fourth-order valence-electron chi connectivity index (χ4n) is 2.03. The van der Waals surface area contributed by atoms with Gasteiger partial charge in [-0.1, -0.05) is 0 Å². The molecule has 0 spiro atoms. The number of aliphatic hydroxyl groups is 1. The van der Waals surface area contributed by atoms with Crippen LogP contribution in [0.5, 0.6) is 0 Å². The van der Waals surface area contributed by atoms with Crippen molar-refractivity contribution in [2.75, 3.05) is 19.7 Å². The van der Waals surface area contributed by atoms with Crippen molar-refractivity contribution in [3.05, 3.63) is 0 Å². The summed E-state index contributed by atoms with van der Waals surface area (Å²) in [5, 5.41) is 33.0. The van der Waals surface area contributed by atoms with Crippen molar-refractivity contribution < 1.29 is 39.3 Å². The number of rotatable bonds is 14. The highest BCUT2D eigenvalue weighted by Gasteiger charge is 2.25. The maximum absolute atomic E-state index is 12.0. The molecule has 0 saturated carbocycles. The summed E-state index contributed by atoms with van der Waals surface area (Å²) in [5.41, 5.74) is 16.0. The highest BCUT2D eigenvalue weighted by Crippen LogP contribution is 1.97. The molecule has 3 atom stereocenters. The minimum absolute atomic E-state index is 0.105. The number of nitrogens with one attached hydrogen (secondary N) is 3. The number of carboxylic acids is 2. The summed E-state index contributed by atoms with van der Waals surface area (Å²) < 4.78 is 0. The lowest BCUT2D eigenvalue weighted by atomic mass is 10.1. The SMILES string of the molecule is NC(N)=NCCCC(N)C(=O)NC(CO)C(=O)NCC(=O)NC(CC(=O)O)C(=O)O. The fraction of sp³-hybridized carbons (Fsp3) is 0.600. The second kappa shape index (κ2) is 13.7. The number of nitrogens with zero attached hydrogens (tertiary/aromatic N) is 1. The van der Waals surface area contributed by atoms with Gasteiger partial charge in [0, 0.05) is 6.54 Å². The van der Waals surface area contributed by atoms with E-state index in [0.29, 0.717) is 6.42 Å². The zero-order chi connectivity index (χ0) is 23.3. The number of hydrogen-bond acceptors (Lipinski definition) is 8. The Bertz CT molecular complexity index is 665. The third kappa shape index (κ3) is 11.4. The summed E-state index contributed by atoms with van der Waals surface area (Å²) in [6.07, 6.45) is -0.264. The Morgan fingerprint density at radius 1 is 0.967 bits per heavy atom. The van der Waals surface area contributed by atoms with Gasteiger partial charge < -0.3 is 48.5 Å². The van der Waals surface area contributed by atoms with Crippen LogP contribution in [-0.2, 0) is 24.0 Å². The molecule has 15 nitrogen and oxygen atoms in total. The van der Waals surface area contributed by atoms with Gasteiger partial charge in [-0.15, -0.1) is 0 Å². The van der Waals surface area contributed by atoms with Crippen LogP contribution in [0.4, 0.5) is 0 Å². The van der Waals surface area contributed by atoms with Crippen molar-refractivity contribution in [1.82, 2.24) is 16.0 Å². The van der Waals surface area contributed by atoms with Crippen LogP contribution in [-0.4, -0.2) is 88.8 Å². The lowest BCUT2D eigenvalue weighted by Gasteiger charge is -2.19. The van der Waals surface area contributed by atoms with Gasteiger partial charge in [-0.2, -0.15) is 0 Å². The van der Waals surface area contributed by atoms with E-state index in [2.05, 4.69) is 15.6 Å². The van der Waals surface area contributed by atoms with Crippen molar-refractivity contribution >= 4 is 35.6 Å². The first-order valence-corrected chi connectivity index (χ1v) is 8.71. The van der Waals surface area contributed by atoms with E-state index in [4.69, 9.17) is 27.4 Å². The van der Waals surface area contributed by atoms with Crippen molar-refractivity contribution in [2.45, 2.75) is 37.4 Å². The topological polar surface area (TPSA) is 273 Å². The molecule has 0 radical (unpaired) electrons. The van der Waals surface area contributed by atoms with Gasteiger partial charge in [0.15, 0.2) is 5.96 Å². The smallest absolute Gasteiger partial charge is 0.326 e. The van der Waals surface area contributed by atoms with E-state index in [9.17, 15) is 29.1 Å². The lowest BCUT2D eigenvalue weighted by Crippen LogP contribution is -2.54. The molecule has 0 aliphatic heterocycles. The number of aliphatic carboxylic acids is 2. The van der Waals surface area contributed by atoms with E-state index in [1.165, 1.54) is 0 Å². The summed E-state index contributed by atoms with van der Waals surface area (Å²) in [6, 6.07) is -4.10. The Morgan fingerprint density at radius 3 is 2.10 bits per heavy atom. The average Bonchev–Trinajstić information content (AvgIpc) is 2.65. The second-order valence-electron chi connectivity index (χ2n) is 6.07. The number of carboxylic acid groups (broad SMARTS) is 2. The molecule has 30 heavy (non-hydrogen) atoms. The molecule has 0 aromatic carbocycles. The molecule has 0 aliphatic rings. The summed E-state index contributed by atoms with van der Waals surface area (Å²) in [6.45, 7) is -1.25. The Hall–Kier alpha value is -3.46. The molecular weight excluding hydrogens is 406 g/mol. The van der Waals surface area contributed by atoms with Gasteiger partial charge in [0.1, 0.15) is 12.1 Å². The molecule has 0 aliphatic carbocycles. The fourth-order valence-corrected chi connectivity index (χ4v) is 2.03. The third-order valence-corrected chi connectivity index (χ3v) is 3.56. The van der Waals surface area contributed by atoms with E-state index < -0.39 is 67.4 Å². The van der Waals surface area contributed by atoms with E-state index >= 15 is 0 Å². The van der Waals surface area contributed by atoms with Crippen LogP contribution >= 0.6 is 0 Å². The number of hydrogen-bond donors (Lipinski definition) is 9. The van der Waals surface area contributed by atoms with Crippen molar-refractivity contribution in [1.29, 1.82) is 0 Å². The maximum atomic E-state index is 12.0. The molecule has 0 aromatic heterocycles. The Morgan fingerprint density at radius 2 is 1.60 bits per heavy atom. The first-order valence-electron chi connectivity index (χ1n) is 8.71. The van der Waals surface area contributed by atoms with Gasteiger partial charge in [-0.05, 0) is 12.8 Å². The molecule has 3 amide bonds. The predicted octanol–water partition coefficient (Wildman–Crippen LogP) is -5.00. The van der Waals surface area contributed by atoms with Gasteiger partial charge in [-0.25, -0.2) is 4.79 Å². The second-order valence-corrected chi connectivity index (χ2v) is 6.07. The number of aliphatic imine (C=N–C) groups is 1. The van der Waals surface area contributed by atoms with Crippen LogP contribution in [0, 0.1) is 0 Å². The molecule has 170 valence electrons. The van der Waals surface area contributed by atoms with Crippen molar-refractivity contribution in [3.8, 4) is 0 Å². The zero-order valence-electron chi connectivity index (χ0n) is 16.0. The predicted molar refractivity (Wildman–Crippen MR) is 102 cm³/mol. The third-order valence-electron chi connectivity index (χ3n) is 3.56. The Labute approximate surface area is 171 Å². The molecule has 0 fully saturated rings. The van der Waals surface area contributed by atoms with E-state index in [-0.39, 0.29) is 18.9 Å². The number of carbonyl (C=O) groups is 5. The Balaban J connectivity index is 4.53. The van der Waals surface area contributed by atoms with Crippen molar-refractivity contribution in [2.24, 2.45) is 22.2 Å². The minimum Gasteiger partial charge on any atom is -0.481 e. The first kappa shape index (κ1) is 26.5. The number of carbonyl (C=O) groups excluding carboxylic acids is 3. The molecule has 0 heterocycles. The van der Waals surface area contributed by atoms with E-state index in [0.717, 1.165) is 0 Å². The number of aliphatic hydroxyl groups excluding tert-OH is 1. The van der Waals surface area contributed by atoms with Gasteiger partial charge >= 0.3 is 11.9 Å². The van der Waals surface area contributed by atoms with Crippen molar-refractivity contribution in [3.63, 3.8) is 0 Å². The van der Waals surface area contributed by atoms with Crippen LogP contribution in [0.15, 0.2) is 4.99 Å².